The Morgan fingerprint density at radius 1 is 1.00 bits per heavy atom. The minimum Gasteiger partial charge on any atom is -0.351 e. The van der Waals surface area contributed by atoms with E-state index in [4.69, 9.17) is 5.73 Å². The van der Waals surface area contributed by atoms with Crippen LogP contribution in [0.25, 0.3) is 0 Å². The molecule has 0 saturated carbocycles. The van der Waals surface area contributed by atoms with Crippen molar-refractivity contribution in [3.63, 3.8) is 0 Å². The van der Waals surface area contributed by atoms with E-state index in [-0.39, 0.29) is 0 Å². The van der Waals surface area contributed by atoms with Gasteiger partial charge in [0.05, 0.1) is 16.9 Å². The second-order valence-corrected chi connectivity index (χ2v) is 5.35. The van der Waals surface area contributed by atoms with Gasteiger partial charge >= 0.3 is 12.2 Å². The topological polar surface area (TPSA) is 46.3 Å². The number of carbonyl (C=O) groups is 1. The zero-order valence-corrected chi connectivity index (χ0v) is 12.8. The molecule has 0 atom stereocenters. The second kappa shape index (κ2) is 6.15. The maximum absolute atomic E-state index is 14.0. The molecule has 0 spiro atoms. The molecule has 0 bridgehead atoms. The third-order valence-corrected chi connectivity index (χ3v) is 3.38. The lowest BCUT2D eigenvalue weighted by Crippen LogP contribution is -2.33. The lowest BCUT2D eigenvalue weighted by molar-refractivity contribution is -0.137. The van der Waals surface area contributed by atoms with Crippen LogP contribution >= 0.6 is 15.9 Å². The summed E-state index contributed by atoms with van der Waals surface area (Å²) in [6.45, 7) is 0. The first-order valence-corrected chi connectivity index (χ1v) is 6.82. The fourth-order valence-corrected chi connectivity index (χ4v) is 2.22. The van der Waals surface area contributed by atoms with E-state index < -0.39 is 40.8 Å². The molecule has 0 radical (unpaired) electrons. The van der Waals surface area contributed by atoms with Crippen LogP contribution in [0.15, 0.2) is 40.9 Å². The van der Waals surface area contributed by atoms with Crippen molar-refractivity contribution < 1.29 is 26.7 Å². The van der Waals surface area contributed by atoms with Gasteiger partial charge in [-0.1, -0.05) is 15.9 Å². The highest BCUT2D eigenvalue weighted by atomic mass is 79.9. The van der Waals surface area contributed by atoms with Gasteiger partial charge in [-0.2, -0.15) is 13.2 Å². The van der Waals surface area contributed by atoms with E-state index in [1.807, 2.05) is 0 Å². The van der Waals surface area contributed by atoms with Crippen LogP contribution < -0.4 is 10.6 Å². The summed E-state index contributed by atoms with van der Waals surface area (Å²) in [5.41, 5.74) is 2.63. The average Bonchev–Trinajstić information content (AvgIpc) is 2.41. The summed E-state index contributed by atoms with van der Waals surface area (Å²) in [7, 11) is 0. The maximum Gasteiger partial charge on any atom is 0.416 e. The average molecular weight is 395 g/mol. The molecule has 0 aliphatic carbocycles. The molecule has 2 aromatic rings. The van der Waals surface area contributed by atoms with Crippen molar-refractivity contribution in [1.82, 2.24) is 0 Å². The predicted octanol–water partition coefficient (Wildman–Crippen LogP) is 4.96. The molecule has 122 valence electrons. The SMILES string of the molecule is NC(=O)N(c1ccc(Br)cc1F)c1cc(C(F)(F)F)ccc1F. The molecule has 2 aromatic carbocycles. The first kappa shape index (κ1) is 17.2. The van der Waals surface area contributed by atoms with Crippen molar-refractivity contribution in [2.45, 2.75) is 6.18 Å². The highest BCUT2D eigenvalue weighted by Crippen LogP contribution is 2.36. The molecule has 2 N–H and O–H groups in total. The number of nitrogens with zero attached hydrogens (tertiary/aromatic N) is 1. The van der Waals surface area contributed by atoms with Crippen molar-refractivity contribution in [2.24, 2.45) is 5.73 Å². The largest absolute Gasteiger partial charge is 0.416 e. The molecule has 2 rings (SSSR count). The molecule has 0 saturated heterocycles. The zero-order chi connectivity index (χ0) is 17.4. The summed E-state index contributed by atoms with van der Waals surface area (Å²) in [6, 6.07) is 3.49. The Hall–Kier alpha value is -2.16. The minimum atomic E-state index is -4.76. The monoisotopic (exact) mass is 394 g/mol. The van der Waals surface area contributed by atoms with Gasteiger partial charge in [-0.25, -0.2) is 13.6 Å². The summed E-state index contributed by atoms with van der Waals surface area (Å²) in [6.07, 6.45) is -4.76. The van der Waals surface area contributed by atoms with Crippen LogP contribution in [-0.2, 0) is 6.18 Å². The van der Waals surface area contributed by atoms with Crippen LogP contribution in [0, 0.1) is 11.6 Å². The van der Waals surface area contributed by atoms with E-state index in [1.54, 1.807) is 0 Å². The van der Waals surface area contributed by atoms with Gasteiger partial charge in [-0.3, -0.25) is 4.90 Å². The normalized spacial score (nSPS) is 11.4. The molecule has 2 amide bonds. The number of urea groups is 1. The van der Waals surface area contributed by atoms with Crippen LogP contribution in [-0.4, -0.2) is 6.03 Å². The van der Waals surface area contributed by atoms with Crippen LogP contribution in [0.3, 0.4) is 0 Å². The molecule has 9 heteroatoms. The lowest BCUT2D eigenvalue weighted by atomic mass is 10.1. The molecular formula is C14H8BrF5N2O. The standard InChI is InChI=1S/C14H8BrF5N2O/c15-8-2-4-11(10(17)6-8)22(13(21)23)12-5-7(14(18,19)20)1-3-9(12)16/h1-6H,(H2,21,23). The number of alkyl halides is 3. The van der Waals surface area contributed by atoms with Crippen LogP contribution in [0.1, 0.15) is 5.56 Å². The van der Waals surface area contributed by atoms with Gasteiger partial charge in [0.15, 0.2) is 0 Å². The van der Waals surface area contributed by atoms with Crippen molar-refractivity contribution in [3.05, 3.63) is 58.1 Å². The first-order chi connectivity index (χ1) is 10.6. The van der Waals surface area contributed by atoms with Crippen molar-refractivity contribution in [2.75, 3.05) is 4.90 Å². The number of hydrogen-bond donors (Lipinski definition) is 1. The Morgan fingerprint density at radius 3 is 2.17 bits per heavy atom. The number of carbonyl (C=O) groups excluding carboxylic acids is 1. The first-order valence-electron chi connectivity index (χ1n) is 6.02. The van der Waals surface area contributed by atoms with Crippen LogP contribution in [0.5, 0.6) is 0 Å². The second-order valence-electron chi connectivity index (χ2n) is 4.43. The third kappa shape index (κ3) is 3.61. The van der Waals surface area contributed by atoms with E-state index in [0.29, 0.717) is 27.6 Å². The summed E-state index contributed by atoms with van der Waals surface area (Å²) >= 11 is 2.99. The number of halogens is 6. The summed E-state index contributed by atoms with van der Waals surface area (Å²) in [5.74, 6) is -2.12. The van der Waals surface area contributed by atoms with E-state index in [9.17, 15) is 26.7 Å². The molecular weight excluding hydrogens is 387 g/mol. The molecule has 0 fully saturated rings. The van der Waals surface area contributed by atoms with Gasteiger partial charge in [-0.15, -0.1) is 0 Å². The number of anilines is 2. The summed E-state index contributed by atoms with van der Waals surface area (Å²) in [4.78, 5) is 11.9. The molecule has 0 heterocycles. The van der Waals surface area contributed by atoms with Gasteiger partial charge in [0.1, 0.15) is 11.6 Å². The fourth-order valence-electron chi connectivity index (χ4n) is 1.89. The molecule has 0 aliphatic rings. The number of nitrogens with two attached hydrogens (primary N) is 1. The highest BCUT2D eigenvalue weighted by molar-refractivity contribution is 9.10. The van der Waals surface area contributed by atoms with Gasteiger partial charge in [0.25, 0.3) is 0 Å². The third-order valence-electron chi connectivity index (χ3n) is 2.89. The van der Waals surface area contributed by atoms with Crippen LogP contribution in [0.4, 0.5) is 38.1 Å². The molecule has 0 unspecified atom stereocenters. The predicted molar refractivity (Wildman–Crippen MR) is 77.2 cm³/mol. The lowest BCUT2D eigenvalue weighted by Gasteiger charge is -2.22. The van der Waals surface area contributed by atoms with Gasteiger partial charge in [0.2, 0.25) is 0 Å². The smallest absolute Gasteiger partial charge is 0.351 e. The molecule has 3 nitrogen and oxygen atoms in total. The Morgan fingerprint density at radius 2 is 1.65 bits per heavy atom. The van der Waals surface area contributed by atoms with E-state index in [2.05, 4.69) is 15.9 Å². The van der Waals surface area contributed by atoms with Crippen LogP contribution in [0.2, 0.25) is 0 Å². The van der Waals surface area contributed by atoms with E-state index in [1.165, 1.54) is 6.07 Å². The summed E-state index contributed by atoms with van der Waals surface area (Å²) < 4.78 is 66.5. The van der Waals surface area contributed by atoms with E-state index in [0.717, 1.165) is 12.1 Å². The Kier molecular flexibility index (Phi) is 4.60. The molecule has 23 heavy (non-hydrogen) atoms. The summed E-state index contributed by atoms with van der Waals surface area (Å²) in [5, 5.41) is 0. The fraction of sp³-hybridized carbons (Fsp3) is 0.0714. The Balaban J connectivity index is 2.65. The minimum absolute atomic E-state index is 0.327. The van der Waals surface area contributed by atoms with Gasteiger partial charge in [-0.05, 0) is 36.4 Å². The Bertz CT molecular complexity index is 763. The Labute approximate surface area is 135 Å². The molecule has 0 aromatic heterocycles. The number of rotatable bonds is 2. The maximum atomic E-state index is 14.0. The van der Waals surface area contributed by atoms with Crippen molar-refractivity contribution in [3.8, 4) is 0 Å². The number of primary amides is 1. The number of hydrogen-bond acceptors (Lipinski definition) is 1. The highest BCUT2D eigenvalue weighted by Gasteiger charge is 2.33. The van der Waals surface area contributed by atoms with Gasteiger partial charge in [0, 0.05) is 4.47 Å². The quantitative estimate of drug-likeness (QED) is 0.718. The van der Waals surface area contributed by atoms with Crippen molar-refractivity contribution >= 4 is 33.3 Å². The zero-order valence-electron chi connectivity index (χ0n) is 11.2. The number of amides is 2. The van der Waals surface area contributed by atoms with Crippen molar-refractivity contribution in [1.29, 1.82) is 0 Å². The van der Waals surface area contributed by atoms with Gasteiger partial charge < -0.3 is 5.73 Å². The van der Waals surface area contributed by atoms with E-state index >= 15 is 0 Å². The molecule has 0 aliphatic heterocycles. The number of benzene rings is 2.